The highest BCUT2D eigenvalue weighted by atomic mass is 35.5. The predicted molar refractivity (Wildman–Crippen MR) is 79.6 cm³/mol. The summed E-state index contributed by atoms with van der Waals surface area (Å²) in [6.07, 6.45) is 4.13. The Morgan fingerprint density at radius 1 is 1.48 bits per heavy atom. The Morgan fingerprint density at radius 2 is 2.14 bits per heavy atom. The first-order valence-corrected chi connectivity index (χ1v) is 7.91. The number of carbonyl (C=O) groups is 1. The molecule has 0 saturated carbocycles. The monoisotopic (exact) mass is 333 g/mol. The Morgan fingerprint density at radius 3 is 2.67 bits per heavy atom. The lowest BCUT2D eigenvalue weighted by Crippen LogP contribution is -2.25. The number of rotatable bonds is 7. The molecule has 21 heavy (non-hydrogen) atoms. The van der Waals surface area contributed by atoms with Crippen molar-refractivity contribution in [1.82, 2.24) is 4.72 Å². The molecule has 1 rings (SSSR count). The fourth-order valence-corrected chi connectivity index (χ4v) is 3.20. The van der Waals surface area contributed by atoms with Crippen LogP contribution < -0.4 is 9.46 Å². The number of halogens is 1. The number of ether oxygens (including phenoxy) is 1. The average Bonchev–Trinajstić information content (AvgIpc) is 2.42. The predicted octanol–water partition coefficient (Wildman–Crippen LogP) is 2.29. The van der Waals surface area contributed by atoms with Crippen molar-refractivity contribution >= 4 is 27.6 Å². The van der Waals surface area contributed by atoms with Gasteiger partial charge in [-0.2, -0.15) is 0 Å². The van der Waals surface area contributed by atoms with Gasteiger partial charge in [0.1, 0.15) is 10.5 Å². The number of carboxylic acids is 1. The molecular weight excluding hydrogens is 318 g/mol. The van der Waals surface area contributed by atoms with Crippen LogP contribution in [0.4, 0.5) is 0 Å². The first-order chi connectivity index (χ1) is 9.83. The van der Waals surface area contributed by atoms with Gasteiger partial charge in [0.25, 0.3) is 0 Å². The second-order valence-electron chi connectivity index (χ2n) is 4.05. The molecule has 0 heterocycles. The third-order valence-electron chi connectivity index (χ3n) is 2.58. The van der Waals surface area contributed by atoms with E-state index in [1.165, 1.54) is 7.11 Å². The molecule has 0 spiro atoms. The summed E-state index contributed by atoms with van der Waals surface area (Å²) in [6.45, 7) is 2.01. The highest BCUT2D eigenvalue weighted by Gasteiger charge is 2.25. The van der Waals surface area contributed by atoms with Crippen LogP contribution in [0.3, 0.4) is 0 Å². The maximum atomic E-state index is 12.2. The number of hydrogen-bond donors (Lipinski definition) is 2. The first-order valence-electron chi connectivity index (χ1n) is 6.05. The van der Waals surface area contributed by atoms with Gasteiger partial charge < -0.3 is 9.84 Å². The lowest BCUT2D eigenvalue weighted by atomic mass is 10.2. The molecule has 0 amide bonds. The Hall–Kier alpha value is -1.57. The smallest absolute Gasteiger partial charge is 0.339 e. The van der Waals surface area contributed by atoms with Crippen molar-refractivity contribution in [1.29, 1.82) is 0 Å². The fraction of sp³-hybridized carbons (Fsp3) is 0.308. The minimum atomic E-state index is -3.92. The Balaban J connectivity index is 3.25. The van der Waals surface area contributed by atoms with Crippen LogP contribution in [0.2, 0.25) is 5.02 Å². The molecule has 1 aromatic carbocycles. The molecule has 116 valence electrons. The van der Waals surface area contributed by atoms with Crippen LogP contribution in [-0.4, -0.2) is 33.1 Å². The number of hydrogen-bond acceptors (Lipinski definition) is 4. The van der Waals surface area contributed by atoms with Crippen LogP contribution in [0.15, 0.2) is 29.2 Å². The number of carboxylic acid groups (broad SMARTS) is 1. The zero-order valence-electron chi connectivity index (χ0n) is 11.6. The maximum absolute atomic E-state index is 12.2. The lowest BCUT2D eigenvalue weighted by molar-refractivity contribution is 0.0693. The normalized spacial score (nSPS) is 11.8. The summed E-state index contributed by atoms with van der Waals surface area (Å²) in [5.74, 6) is -1.56. The maximum Gasteiger partial charge on any atom is 0.339 e. The van der Waals surface area contributed by atoms with Gasteiger partial charge >= 0.3 is 5.97 Å². The average molecular weight is 334 g/mol. The molecule has 0 atom stereocenters. The Labute approximate surface area is 128 Å². The Bertz CT molecular complexity index is 655. The van der Waals surface area contributed by atoms with Gasteiger partial charge in [-0.25, -0.2) is 17.9 Å². The van der Waals surface area contributed by atoms with Crippen molar-refractivity contribution < 1.29 is 23.1 Å². The number of benzene rings is 1. The van der Waals surface area contributed by atoms with E-state index in [2.05, 4.69) is 4.72 Å². The highest BCUT2D eigenvalue weighted by Crippen LogP contribution is 2.31. The van der Waals surface area contributed by atoms with Gasteiger partial charge in [0.2, 0.25) is 10.0 Å². The van der Waals surface area contributed by atoms with Crippen molar-refractivity contribution in [3.63, 3.8) is 0 Å². The summed E-state index contributed by atoms with van der Waals surface area (Å²) in [5.41, 5.74) is -0.307. The number of aromatic carboxylic acids is 1. The SMILES string of the molecule is C/C=C/CCNS(=O)(=O)c1cc(Cl)cc(C(=O)O)c1OC. The van der Waals surface area contributed by atoms with Gasteiger partial charge in [0.05, 0.1) is 7.11 Å². The highest BCUT2D eigenvalue weighted by molar-refractivity contribution is 7.89. The minimum absolute atomic E-state index is 0.00188. The van der Waals surface area contributed by atoms with E-state index in [4.69, 9.17) is 21.4 Å². The standard InChI is InChI=1S/C13H16ClNO5S/c1-3-4-5-6-15-21(18,19)11-8-9(14)7-10(13(16)17)12(11)20-2/h3-4,7-8,15H,5-6H2,1-2H3,(H,16,17)/b4-3+. The van der Waals surface area contributed by atoms with E-state index in [9.17, 15) is 13.2 Å². The van der Waals surface area contributed by atoms with Gasteiger partial charge in [0.15, 0.2) is 5.75 Å². The van der Waals surface area contributed by atoms with Crippen molar-refractivity contribution in [3.8, 4) is 5.75 Å². The van der Waals surface area contributed by atoms with Gasteiger partial charge in [0, 0.05) is 11.6 Å². The van der Waals surface area contributed by atoms with E-state index in [1.54, 1.807) is 12.2 Å². The second kappa shape index (κ2) is 7.44. The lowest BCUT2D eigenvalue weighted by Gasteiger charge is -2.13. The van der Waals surface area contributed by atoms with E-state index in [0.29, 0.717) is 6.42 Å². The molecular formula is C13H16ClNO5S. The molecule has 1 aromatic rings. The molecule has 0 aliphatic rings. The fourth-order valence-electron chi connectivity index (χ4n) is 1.66. The van der Waals surface area contributed by atoms with Crippen LogP contribution in [0.1, 0.15) is 23.7 Å². The van der Waals surface area contributed by atoms with E-state index in [0.717, 1.165) is 12.1 Å². The second-order valence-corrected chi connectivity index (χ2v) is 6.22. The summed E-state index contributed by atoms with van der Waals surface area (Å²) in [7, 11) is -2.72. The quantitative estimate of drug-likeness (QED) is 0.590. The topological polar surface area (TPSA) is 92.7 Å². The van der Waals surface area contributed by atoms with Crippen LogP contribution in [0.25, 0.3) is 0 Å². The van der Waals surface area contributed by atoms with E-state index in [1.807, 2.05) is 6.92 Å². The molecule has 8 heteroatoms. The summed E-state index contributed by atoms with van der Waals surface area (Å²) >= 11 is 5.79. The molecule has 0 aliphatic carbocycles. The van der Waals surface area contributed by atoms with Gasteiger partial charge in [-0.1, -0.05) is 23.8 Å². The number of sulfonamides is 1. The summed E-state index contributed by atoms with van der Waals surface area (Å²) in [4.78, 5) is 10.9. The van der Waals surface area contributed by atoms with Crippen molar-refractivity contribution in [3.05, 3.63) is 34.9 Å². The molecule has 6 nitrogen and oxygen atoms in total. The number of allylic oxidation sites excluding steroid dienone is 1. The first kappa shape index (κ1) is 17.5. The van der Waals surface area contributed by atoms with E-state index >= 15 is 0 Å². The molecule has 2 N–H and O–H groups in total. The molecule has 0 saturated heterocycles. The molecule has 0 unspecified atom stereocenters. The molecule has 0 radical (unpaired) electrons. The summed E-state index contributed by atoms with van der Waals surface area (Å²) in [6, 6.07) is 2.30. The summed E-state index contributed by atoms with van der Waals surface area (Å²) < 4.78 is 31.8. The van der Waals surface area contributed by atoms with Crippen LogP contribution in [0.5, 0.6) is 5.75 Å². The summed E-state index contributed by atoms with van der Waals surface area (Å²) in [5, 5.41) is 9.10. The third kappa shape index (κ3) is 4.45. The zero-order chi connectivity index (χ0) is 16.0. The largest absolute Gasteiger partial charge is 0.494 e. The van der Waals surface area contributed by atoms with E-state index in [-0.39, 0.29) is 27.8 Å². The van der Waals surface area contributed by atoms with Crippen LogP contribution in [0, 0.1) is 0 Å². The van der Waals surface area contributed by atoms with Gasteiger partial charge in [-0.15, -0.1) is 0 Å². The molecule has 0 bridgehead atoms. The molecule has 0 aliphatic heterocycles. The van der Waals surface area contributed by atoms with Crippen molar-refractivity contribution in [2.75, 3.05) is 13.7 Å². The molecule has 0 aromatic heterocycles. The number of nitrogens with one attached hydrogen (secondary N) is 1. The number of methoxy groups -OCH3 is 1. The van der Waals surface area contributed by atoms with Crippen LogP contribution >= 0.6 is 11.6 Å². The molecule has 0 fully saturated rings. The Kier molecular flexibility index (Phi) is 6.19. The van der Waals surface area contributed by atoms with Crippen molar-refractivity contribution in [2.24, 2.45) is 0 Å². The van der Waals surface area contributed by atoms with Gasteiger partial charge in [-0.05, 0) is 25.5 Å². The van der Waals surface area contributed by atoms with E-state index < -0.39 is 16.0 Å². The van der Waals surface area contributed by atoms with Gasteiger partial charge in [-0.3, -0.25) is 0 Å². The minimum Gasteiger partial charge on any atom is -0.494 e. The van der Waals surface area contributed by atoms with Crippen molar-refractivity contribution in [2.45, 2.75) is 18.2 Å². The zero-order valence-corrected chi connectivity index (χ0v) is 13.2. The third-order valence-corrected chi connectivity index (χ3v) is 4.27. The van der Waals surface area contributed by atoms with Crippen LogP contribution in [-0.2, 0) is 10.0 Å².